The number of halogens is 2. The van der Waals surface area contributed by atoms with Gasteiger partial charge in [0, 0.05) is 17.3 Å². The van der Waals surface area contributed by atoms with E-state index >= 15 is 0 Å². The van der Waals surface area contributed by atoms with Gasteiger partial charge in [-0.2, -0.15) is 0 Å². The highest BCUT2D eigenvalue weighted by Crippen LogP contribution is 2.28. The maximum absolute atomic E-state index is 11.8. The van der Waals surface area contributed by atoms with Gasteiger partial charge in [0.25, 0.3) is 5.91 Å². The van der Waals surface area contributed by atoms with Crippen LogP contribution in [0, 0.1) is 5.92 Å². The summed E-state index contributed by atoms with van der Waals surface area (Å²) in [5, 5.41) is 5.06. The number of rotatable bonds is 3. The number of hydrogen-bond acceptors (Lipinski definition) is 2. The summed E-state index contributed by atoms with van der Waals surface area (Å²) in [4.78, 5) is 11.8. The van der Waals surface area contributed by atoms with Crippen LogP contribution < -0.4 is 5.32 Å². The Hall–Kier alpha value is -0.0600. The Morgan fingerprint density at radius 3 is 2.94 bits per heavy atom. The monoisotopic (exact) mass is 335 g/mol. The van der Waals surface area contributed by atoms with Gasteiger partial charge in [0.1, 0.15) is 0 Å². The fourth-order valence-corrected chi connectivity index (χ4v) is 3.65. The molecule has 1 heterocycles. The summed E-state index contributed by atoms with van der Waals surface area (Å²) in [7, 11) is 0. The number of alkyl halides is 1. The molecule has 94 valence electrons. The Bertz CT molecular complexity index is 396. The summed E-state index contributed by atoms with van der Waals surface area (Å²) in [5.41, 5.74) is 0.726. The Balaban J connectivity index is 1.83. The molecule has 2 nitrogen and oxygen atoms in total. The smallest absolute Gasteiger partial charge is 0.252 e. The van der Waals surface area contributed by atoms with Gasteiger partial charge in [-0.25, -0.2) is 0 Å². The van der Waals surface area contributed by atoms with Gasteiger partial charge in [-0.3, -0.25) is 4.79 Å². The summed E-state index contributed by atoms with van der Waals surface area (Å²) in [5.74, 6) is 0.429. The summed E-state index contributed by atoms with van der Waals surface area (Å²) in [6.07, 6.45) is 4.65. The van der Waals surface area contributed by atoms with E-state index < -0.39 is 0 Å². The lowest BCUT2D eigenvalue weighted by molar-refractivity contribution is 0.0944. The van der Waals surface area contributed by atoms with Crippen LogP contribution in [0.5, 0.6) is 0 Å². The van der Waals surface area contributed by atoms with E-state index in [1.54, 1.807) is 0 Å². The number of carbonyl (C=O) groups is 1. The highest BCUT2D eigenvalue weighted by Gasteiger charge is 2.23. The third-order valence-electron chi connectivity index (χ3n) is 3.17. The van der Waals surface area contributed by atoms with Gasteiger partial charge >= 0.3 is 0 Å². The topological polar surface area (TPSA) is 29.1 Å². The van der Waals surface area contributed by atoms with Crippen molar-refractivity contribution in [1.82, 2.24) is 5.32 Å². The first-order valence-electron chi connectivity index (χ1n) is 5.83. The number of thiophene rings is 1. The van der Waals surface area contributed by atoms with Crippen LogP contribution in [0.3, 0.4) is 0 Å². The molecule has 1 aromatic rings. The first-order valence-corrected chi connectivity index (χ1v) is 7.94. The zero-order valence-corrected chi connectivity index (χ0v) is 12.6. The minimum absolute atomic E-state index is 0.00129. The average molecular weight is 337 g/mol. The number of amides is 1. The molecule has 2 unspecified atom stereocenters. The SMILES string of the molecule is O=C(NCC1CCCCC1Cl)c1csc(Br)c1. The van der Waals surface area contributed by atoms with Crippen LogP contribution in [0.25, 0.3) is 0 Å². The third kappa shape index (κ3) is 3.70. The molecule has 1 aromatic heterocycles. The molecule has 0 saturated heterocycles. The maximum Gasteiger partial charge on any atom is 0.252 e. The van der Waals surface area contributed by atoms with E-state index in [1.807, 2.05) is 11.4 Å². The molecule has 5 heteroatoms. The van der Waals surface area contributed by atoms with Gasteiger partial charge in [0.05, 0.1) is 9.35 Å². The van der Waals surface area contributed by atoms with Crippen molar-refractivity contribution in [1.29, 1.82) is 0 Å². The lowest BCUT2D eigenvalue weighted by atomic mass is 9.89. The highest BCUT2D eigenvalue weighted by molar-refractivity contribution is 9.11. The quantitative estimate of drug-likeness (QED) is 0.829. The number of nitrogens with one attached hydrogen (secondary N) is 1. The van der Waals surface area contributed by atoms with Gasteiger partial charge in [-0.1, -0.05) is 12.8 Å². The minimum atomic E-state index is 0.00129. The maximum atomic E-state index is 11.8. The van der Waals surface area contributed by atoms with Crippen molar-refractivity contribution in [3.8, 4) is 0 Å². The number of hydrogen-bond donors (Lipinski definition) is 1. The van der Waals surface area contributed by atoms with Crippen molar-refractivity contribution >= 4 is 44.8 Å². The second kappa shape index (κ2) is 6.21. The lowest BCUT2D eigenvalue weighted by Gasteiger charge is -2.26. The van der Waals surface area contributed by atoms with Crippen molar-refractivity contribution in [3.05, 3.63) is 20.8 Å². The van der Waals surface area contributed by atoms with E-state index in [4.69, 9.17) is 11.6 Å². The first kappa shape index (κ1) is 13.4. The summed E-state index contributed by atoms with van der Waals surface area (Å²) >= 11 is 11.1. The van der Waals surface area contributed by atoms with Crippen LogP contribution in [-0.4, -0.2) is 17.8 Å². The Kier molecular flexibility index (Phi) is 4.88. The normalized spacial score (nSPS) is 24.6. The minimum Gasteiger partial charge on any atom is -0.352 e. The van der Waals surface area contributed by atoms with E-state index in [1.165, 1.54) is 24.2 Å². The van der Waals surface area contributed by atoms with Gasteiger partial charge in [0.15, 0.2) is 0 Å². The molecule has 1 aliphatic carbocycles. The van der Waals surface area contributed by atoms with Crippen LogP contribution in [0.15, 0.2) is 15.2 Å². The van der Waals surface area contributed by atoms with Crippen molar-refractivity contribution < 1.29 is 4.79 Å². The predicted molar refractivity (Wildman–Crippen MR) is 76.0 cm³/mol. The molecule has 0 radical (unpaired) electrons. The van der Waals surface area contributed by atoms with Crippen LogP contribution >= 0.6 is 38.9 Å². The molecule has 0 spiro atoms. The third-order valence-corrected chi connectivity index (χ3v) is 5.25. The number of carbonyl (C=O) groups excluding carboxylic acids is 1. The summed E-state index contributed by atoms with van der Waals surface area (Å²) in [6.45, 7) is 0.695. The molecular weight excluding hydrogens is 322 g/mol. The molecule has 1 N–H and O–H groups in total. The molecule has 1 fully saturated rings. The zero-order chi connectivity index (χ0) is 12.3. The molecule has 1 saturated carbocycles. The van der Waals surface area contributed by atoms with E-state index in [2.05, 4.69) is 21.2 Å². The first-order chi connectivity index (χ1) is 8.16. The van der Waals surface area contributed by atoms with Crippen molar-refractivity contribution in [3.63, 3.8) is 0 Å². The summed E-state index contributed by atoms with van der Waals surface area (Å²) in [6, 6.07) is 1.85. The Morgan fingerprint density at radius 2 is 2.29 bits per heavy atom. The molecule has 0 aliphatic heterocycles. The van der Waals surface area contributed by atoms with Crippen LogP contribution in [0.4, 0.5) is 0 Å². The standard InChI is InChI=1S/C12H15BrClNOS/c13-11-5-9(7-17-11)12(16)15-6-8-3-1-2-4-10(8)14/h5,7-8,10H,1-4,6H2,(H,15,16). The van der Waals surface area contributed by atoms with E-state index in [0.29, 0.717) is 12.5 Å². The van der Waals surface area contributed by atoms with Crippen molar-refractivity contribution in [2.75, 3.05) is 6.54 Å². The molecule has 1 aliphatic rings. The molecule has 17 heavy (non-hydrogen) atoms. The summed E-state index contributed by atoms with van der Waals surface area (Å²) < 4.78 is 0.982. The Labute approximate surface area is 119 Å². The molecule has 1 amide bonds. The average Bonchev–Trinajstić information content (AvgIpc) is 2.74. The molecule has 2 rings (SSSR count). The lowest BCUT2D eigenvalue weighted by Crippen LogP contribution is -2.34. The molecule has 2 atom stereocenters. The van der Waals surface area contributed by atoms with Crippen LogP contribution in [0.2, 0.25) is 0 Å². The second-order valence-corrected chi connectivity index (χ2v) is 7.26. The van der Waals surface area contributed by atoms with Gasteiger partial charge in [0.2, 0.25) is 0 Å². The van der Waals surface area contributed by atoms with E-state index in [-0.39, 0.29) is 11.3 Å². The van der Waals surface area contributed by atoms with E-state index in [9.17, 15) is 4.79 Å². The molecular formula is C12H15BrClNOS. The van der Waals surface area contributed by atoms with E-state index in [0.717, 1.165) is 22.2 Å². The zero-order valence-electron chi connectivity index (χ0n) is 9.42. The van der Waals surface area contributed by atoms with Crippen molar-refractivity contribution in [2.24, 2.45) is 5.92 Å². The molecule has 0 aromatic carbocycles. The van der Waals surface area contributed by atoms with Gasteiger partial charge < -0.3 is 5.32 Å². The highest BCUT2D eigenvalue weighted by atomic mass is 79.9. The van der Waals surface area contributed by atoms with Crippen molar-refractivity contribution in [2.45, 2.75) is 31.1 Å². The van der Waals surface area contributed by atoms with Gasteiger partial charge in [-0.05, 0) is 40.8 Å². The van der Waals surface area contributed by atoms with Crippen LogP contribution in [-0.2, 0) is 0 Å². The largest absolute Gasteiger partial charge is 0.352 e. The predicted octanol–water partition coefficient (Wildman–Crippen LogP) is 4.04. The Morgan fingerprint density at radius 1 is 1.53 bits per heavy atom. The molecule has 0 bridgehead atoms. The van der Waals surface area contributed by atoms with Crippen LogP contribution in [0.1, 0.15) is 36.0 Å². The fourth-order valence-electron chi connectivity index (χ4n) is 2.15. The second-order valence-electron chi connectivity index (χ2n) is 4.41. The fraction of sp³-hybridized carbons (Fsp3) is 0.583. The van der Waals surface area contributed by atoms with Gasteiger partial charge in [-0.15, -0.1) is 22.9 Å².